The molecular formula is C13H22N4O3S2. The minimum absolute atomic E-state index is 0.0371. The van der Waals surface area contributed by atoms with Gasteiger partial charge in [0.15, 0.2) is 9.84 Å². The van der Waals surface area contributed by atoms with E-state index in [-0.39, 0.29) is 35.4 Å². The third-order valence-corrected chi connectivity index (χ3v) is 5.99. The summed E-state index contributed by atoms with van der Waals surface area (Å²) in [5, 5.41) is 3.45. The van der Waals surface area contributed by atoms with Gasteiger partial charge in [-0.2, -0.15) is 4.37 Å². The molecule has 0 bridgehead atoms. The van der Waals surface area contributed by atoms with E-state index in [2.05, 4.69) is 14.7 Å². The fraction of sp³-hybridized carbons (Fsp3) is 0.769. The van der Waals surface area contributed by atoms with Gasteiger partial charge in [-0.3, -0.25) is 4.79 Å². The number of amides is 1. The van der Waals surface area contributed by atoms with E-state index in [1.165, 1.54) is 11.5 Å². The number of carbonyl (C=O) groups excluding carboxylic acids is 1. The fourth-order valence-electron chi connectivity index (χ4n) is 2.14. The second-order valence-electron chi connectivity index (χ2n) is 6.67. The molecule has 0 spiro atoms. The van der Waals surface area contributed by atoms with Crippen LogP contribution in [0, 0.1) is 0 Å². The Hall–Kier alpha value is -1.22. The van der Waals surface area contributed by atoms with Gasteiger partial charge >= 0.3 is 0 Å². The van der Waals surface area contributed by atoms with Crippen molar-refractivity contribution in [2.75, 3.05) is 30.0 Å². The molecule has 0 saturated carbocycles. The third kappa shape index (κ3) is 4.39. The Morgan fingerprint density at radius 1 is 1.45 bits per heavy atom. The first-order valence-electron chi connectivity index (χ1n) is 7.12. The lowest BCUT2D eigenvalue weighted by Gasteiger charge is -2.17. The molecule has 0 aromatic carbocycles. The normalized spacial score (nSPS) is 20.8. The first-order valence-corrected chi connectivity index (χ1v) is 9.71. The molecule has 1 amide bonds. The highest BCUT2D eigenvalue weighted by atomic mass is 32.2. The van der Waals surface area contributed by atoms with Crippen LogP contribution in [-0.2, 0) is 20.0 Å². The summed E-state index contributed by atoms with van der Waals surface area (Å²) >= 11 is 1.26. The van der Waals surface area contributed by atoms with E-state index in [1.807, 2.05) is 20.8 Å². The first kappa shape index (κ1) is 17.1. The second kappa shape index (κ2) is 6.11. The molecule has 1 aromatic rings. The van der Waals surface area contributed by atoms with Crippen LogP contribution in [0.3, 0.4) is 0 Å². The number of hydrogen-bond donors (Lipinski definition) is 1. The van der Waals surface area contributed by atoms with Crippen LogP contribution < -0.4 is 10.2 Å². The average Bonchev–Trinajstić information content (AvgIpc) is 2.95. The zero-order valence-corrected chi connectivity index (χ0v) is 14.9. The molecular weight excluding hydrogens is 324 g/mol. The quantitative estimate of drug-likeness (QED) is 0.857. The van der Waals surface area contributed by atoms with Crippen molar-refractivity contribution < 1.29 is 13.2 Å². The number of nitrogens with one attached hydrogen (secondary N) is 1. The number of rotatable bonds is 4. The van der Waals surface area contributed by atoms with Crippen LogP contribution in [0.5, 0.6) is 0 Å². The van der Waals surface area contributed by atoms with Crippen molar-refractivity contribution in [3.63, 3.8) is 0 Å². The van der Waals surface area contributed by atoms with Crippen LogP contribution in [0.15, 0.2) is 0 Å². The van der Waals surface area contributed by atoms with Gasteiger partial charge in [0.1, 0.15) is 5.82 Å². The summed E-state index contributed by atoms with van der Waals surface area (Å²) in [6, 6.07) is -0.273. The maximum absolute atomic E-state index is 12.0. The molecule has 1 unspecified atom stereocenters. The first-order chi connectivity index (χ1) is 10.1. The zero-order chi connectivity index (χ0) is 16.5. The summed E-state index contributed by atoms with van der Waals surface area (Å²) in [5.41, 5.74) is -0.129. The SMILES string of the molecule is CN(CC(=O)NC1CCS(=O)(=O)C1)c1nc(C(C)(C)C)ns1. The molecule has 124 valence electrons. The summed E-state index contributed by atoms with van der Waals surface area (Å²) in [6.45, 7) is 6.24. The Kier molecular flexibility index (Phi) is 4.76. The number of sulfone groups is 1. The van der Waals surface area contributed by atoms with Crippen LogP contribution in [0.1, 0.15) is 33.0 Å². The van der Waals surface area contributed by atoms with Gasteiger partial charge in [-0.15, -0.1) is 0 Å². The van der Waals surface area contributed by atoms with Crippen molar-refractivity contribution in [3.8, 4) is 0 Å². The molecule has 1 atom stereocenters. The monoisotopic (exact) mass is 346 g/mol. The number of aromatic nitrogens is 2. The maximum atomic E-state index is 12.0. The van der Waals surface area contributed by atoms with Crippen LogP contribution in [0.2, 0.25) is 0 Å². The zero-order valence-electron chi connectivity index (χ0n) is 13.3. The Labute approximate surface area is 135 Å². The number of nitrogens with zero attached hydrogens (tertiary/aromatic N) is 3. The Morgan fingerprint density at radius 3 is 2.64 bits per heavy atom. The molecule has 1 aliphatic rings. The van der Waals surface area contributed by atoms with E-state index in [1.54, 1.807) is 11.9 Å². The molecule has 0 aliphatic carbocycles. The van der Waals surface area contributed by atoms with Crippen molar-refractivity contribution in [3.05, 3.63) is 5.82 Å². The average molecular weight is 346 g/mol. The molecule has 0 radical (unpaired) electrons. The van der Waals surface area contributed by atoms with Crippen LogP contribution >= 0.6 is 11.5 Å². The second-order valence-corrected chi connectivity index (χ2v) is 9.63. The fourth-order valence-corrected chi connectivity index (χ4v) is 4.63. The summed E-state index contributed by atoms with van der Waals surface area (Å²) in [5.74, 6) is 0.743. The highest BCUT2D eigenvalue weighted by molar-refractivity contribution is 7.91. The summed E-state index contributed by atoms with van der Waals surface area (Å²) in [4.78, 5) is 18.2. The van der Waals surface area contributed by atoms with Gasteiger partial charge in [-0.05, 0) is 6.42 Å². The molecule has 9 heteroatoms. The van der Waals surface area contributed by atoms with Crippen LogP contribution in [-0.4, -0.2) is 54.8 Å². The van der Waals surface area contributed by atoms with Gasteiger partial charge in [0.05, 0.1) is 18.1 Å². The molecule has 1 fully saturated rings. The lowest BCUT2D eigenvalue weighted by molar-refractivity contribution is -0.120. The van der Waals surface area contributed by atoms with Gasteiger partial charge in [-0.1, -0.05) is 20.8 Å². The minimum atomic E-state index is -2.98. The Morgan fingerprint density at radius 2 is 2.14 bits per heavy atom. The lowest BCUT2D eigenvalue weighted by Crippen LogP contribution is -2.41. The summed E-state index contributed by atoms with van der Waals surface area (Å²) < 4.78 is 27.1. The molecule has 1 aliphatic heterocycles. The van der Waals surface area contributed by atoms with E-state index in [9.17, 15) is 13.2 Å². The van der Waals surface area contributed by atoms with Crippen molar-refractivity contribution in [2.24, 2.45) is 0 Å². The third-order valence-electron chi connectivity index (χ3n) is 3.39. The highest BCUT2D eigenvalue weighted by Gasteiger charge is 2.29. The summed E-state index contributed by atoms with van der Waals surface area (Å²) in [7, 11) is -1.21. The maximum Gasteiger partial charge on any atom is 0.239 e. The molecule has 2 rings (SSSR count). The highest BCUT2D eigenvalue weighted by Crippen LogP contribution is 2.24. The van der Waals surface area contributed by atoms with E-state index in [0.29, 0.717) is 11.6 Å². The van der Waals surface area contributed by atoms with Crippen LogP contribution in [0.4, 0.5) is 5.13 Å². The standard InChI is InChI=1S/C13H22N4O3S2/c1-13(2,3)11-15-12(21-16-11)17(4)7-10(18)14-9-5-6-22(19,20)8-9/h9H,5-8H2,1-4H3,(H,14,18). The molecule has 1 N–H and O–H groups in total. The van der Waals surface area contributed by atoms with E-state index < -0.39 is 9.84 Å². The van der Waals surface area contributed by atoms with Gasteiger partial charge in [-0.25, -0.2) is 13.4 Å². The Bertz CT molecular complexity index is 648. The number of hydrogen-bond acceptors (Lipinski definition) is 7. The van der Waals surface area contributed by atoms with Crippen molar-refractivity contribution >= 4 is 32.4 Å². The van der Waals surface area contributed by atoms with Crippen molar-refractivity contribution in [1.29, 1.82) is 0 Å². The number of carbonyl (C=O) groups is 1. The van der Waals surface area contributed by atoms with Crippen LogP contribution in [0.25, 0.3) is 0 Å². The number of anilines is 1. The van der Waals surface area contributed by atoms with E-state index in [0.717, 1.165) is 5.82 Å². The number of likely N-dealkylation sites (N-methyl/N-ethyl adjacent to an activating group) is 1. The largest absolute Gasteiger partial charge is 0.351 e. The van der Waals surface area contributed by atoms with Gasteiger partial charge in [0.25, 0.3) is 0 Å². The Balaban J connectivity index is 1.90. The van der Waals surface area contributed by atoms with Gasteiger partial charge < -0.3 is 10.2 Å². The van der Waals surface area contributed by atoms with E-state index in [4.69, 9.17) is 0 Å². The van der Waals surface area contributed by atoms with Crippen molar-refractivity contribution in [1.82, 2.24) is 14.7 Å². The summed E-state index contributed by atoms with van der Waals surface area (Å²) in [6.07, 6.45) is 0.491. The van der Waals surface area contributed by atoms with E-state index >= 15 is 0 Å². The minimum Gasteiger partial charge on any atom is -0.351 e. The van der Waals surface area contributed by atoms with Gasteiger partial charge in [0, 0.05) is 30.0 Å². The van der Waals surface area contributed by atoms with Gasteiger partial charge in [0.2, 0.25) is 11.0 Å². The van der Waals surface area contributed by atoms with Crippen molar-refractivity contribution in [2.45, 2.75) is 38.6 Å². The topological polar surface area (TPSA) is 92.3 Å². The molecule has 22 heavy (non-hydrogen) atoms. The molecule has 1 saturated heterocycles. The smallest absolute Gasteiger partial charge is 0.239 e. The predicted octanol–water partition coefficient (Wildman–Crippen LogP) is 0.575. The molecule has 1 aromatic heterocycles. The molecule has 7 nitrogen and oxygen atoms in total. The lowest BCUT2D eigenvalue weighted by atomic mass is 9.96. The predicted molar refractivity (Wildman–Crippen MR) is 87.1 cm³/mol. The molecule has 2 heterocycles.